The second kappa shape index (κ2) is 6.15. The summed E-state index contributed by atoms with van der Waals surface area (Å²) in [6.45, 7) is 2.40. The number of carbonyl (C=O) groups is 1. The van der Waals surface area contributed by atoms with Crippen LogP contribution in [0.1, 0.15) is 47.2 Å². The van der Waals surface area contributed by atoms with Crippen LogP contribution < -0.4 is 14.2 Å². The van der Waals surface area contributed by atoms with Crippen LogP contribution in [0.15, 0.2) is 36.7 Å². The molecular weight excluding hydrogens is 344 g/mol. The van der Waals surface area contributed by atoms with Crippen molar-refractivity contribution in [3.63, 3.8) is 0 Å². The fourth-order valence-corrected chi connectivity index (χ4v) is 4.83. The van der Waals surface area contributed by atoms with E-state index in [4.69, 9.17) is 9.47 Å². The van der Waals surface area contributed by atoms with Gasteiger partial charge >= 0.3 is 0 Å². The van der Waals surface area contributed by atoms with Gasteiger partial charge in [0.2, 0.25) is 0 Å². The first-order valence-corrected chi connectivity index (χ1v) is 9.56. The number of pyridine rings is 1. The molecule has 2 aromatic rings. The second-order valence-electron chi connectivity index (χ2n) is 7.75. The maximum absolute atomic E-state index is 13.1. The summed E-state index contributed by atoms with van der Waals surface area (Å²) in [5.74, 6) is 1.58. The molecular formula is C21H22N2O4. The minimum atomic E-state index is -0.0255. The standard InChI is InChI=1S/C21H22N2O4/c24-20(15-3-7-23(25)8-4-15)22-13-16-11-18-19(27-10-9-26-18)12-17(16)21(14-22)5-1-2-6-21/h3-4,7-8,11-12H,1-2,5-6,9-10,13-14H2. The molecule has 3 aliphatic rings. The molecule has 6 heteroatoms. The molecule has 0 unspecified atom stereocenters. The molecule has 140 valence electrons. The van der Waals surface area contributed by atoms with E-state index >= 15 is 0 Å². The van der Waals surface area contributed by atoms with Crippen molar-refractivity contribution in [2.24, 2.45) is 0 Å². The highest BCUT2D eigenvalue weighted by Crippen LogP contribution is 2.49. The van der Waals surface area contributed by atoms with Crippen molar-refractivity contribution < 1.29 is 19.0 Å². The Hall–Kier alpha value is -2.76. The van der Waals surface area contributed by atoms with Crippen molar-refractivity contribution in [3.8, 4) is 11.5 Å². The van der Waals surface area contributed by atoms with Gasteiger partial charge in [0.15, 0.2) is 23.9 Å². The first-order chi connectivity index (χ1) is 13.1. The predicted octanol–water partition coefficient (Wildman–Crippen LogP) is 2.56. The minimum absolute atomic E-state index is 0.00763. The van der Waals surface area contributed by atoms with E-state index in [1.807, 2.05) is 4.90 Å². The molecule has 2 aliphatic heterocycles. The number of rotatable bonds is 1. The Balaban J connectivity index is 1.54. The number of nitrogens with zero attached hydrogens (tertiary/aromatic N) is 2. The molecule has 1 aromatic heterocycles. The van der Waals surface area contributed by atoms with Crippen LogP contribution in [0.5, 0.6) is 11.5 Å². The largest absolute Gasteiger partial charge is 0.619 e. The summed E-state index contributed by atoms with van der Waals surface area (Å²) in [4.78, 5) is 15.0. The van der Waals surface area contributed by atoms with Crippen LogP contribution in [-0.4, -0.2) is 30.6 Å². The highest BCUT2D eigenvalue weighted by molar-refractivity contribution is 5.94. The van der Waals surface area contributed by atoms with E-state index in [9.17, 15) is 10.0 Å². The van der Waals surface area contributed by atoms with Gasteiger partial charge in [-0.05, 0) is 36.1 Å². The Bertz CT molecular complexity index is 888. The Morgan fingerprint density at radius 2 is 1.74 bits per heavy atom. The molecule has 1 fully saturated rings. The zero-order valence-electron chi connectivity index (χ0n) is 15.1. The summed E-state index contributed by atoms with van der Waals surface area (Å²) < 4.78 is 12.3. The molecule has 1 saturated carbocycles. The minimum Gasteiger partial charge on any atom is -0.619 e. The van der Waals surface area contributed by atoms with Gasteiger partial charge < -0.3 is 19.6 Å². The van der Waals surface area contributed by atoms with E-state index in [1.165, 1.54) is 30.8 Å². The van der Waals surface area contributed by atoms with Crippen LogP contribution in [0.2, 0.25) is 0 Å². The summed E-state index contributed by atoms with van der Waals surface area (Å²) in [5, 5.41) is 11.3. The number of carbonyl (C=O) groups excluding carboxylic acids is 1. The van der Waals surface area contributed by atoms with Gasteiger partial charge in [-0.2, -0.15) is 4.73 Å². The molecule has 1 aliphatic carbocycles. The van der Waals surface area contributed by atoms with Crippen molar-refractivity contribution >= 4 is 5.91 Å². The lowest BCUT2D eigenvalue weighted by atomic mass is 9.73. The van der Waals surface area contributed by atoms with Crippen LogP contribution in [0.4, 0.5) is 0 Å². The normalized spacial score (nSPS) is 19.8. The van der Waals surface area contributed by atoms with E-state index < -0.39 is 0 Å². The molecule has 1 aromatic carbocycles. The molecule has 0 radical (unpaired) electrons. The molecule has 0 N–H and O–H groups in total. The summed E-state index contributed by atoms with van der Waals surface area (Å²) in [7, 11) is 0. The number of amides is 1. The molecule has 27 heavy (non-hydrogen) atoms. The first kappa shape index (κ1) is 16.4. The lowest BCUT2D eigenvalue weighted by Crippen LogP contribution is -2.47. The van der Waals surface area contributed by atoms with E-state index in [0.717, 1.165) is 29.9 Å². The van der Waals surface area contributed by atoms with E-state index in [-0.39, 0.29) is 11.3 Å². The number of benzene rings is 1. The molecule has 1 spiro atoms. The molecule has 0 saturated heterocycles. The lowest BCUT2D eigenvalue weighted by molar-refractivity contribution is -0.605. The fraction of sp³-hybridized carbons (Fsp3) is 0.429. The summed E-state index contributed by atoms with van der Waals surface area (Å²) >= 11 is 0. The van der Waals surface area contributed by atoms with Crippen molar-refractivity contribution in [1.29, 1.82) is 0 Å². The summed E-state index contributed by atoms with van der Waals surface area (Å²) in [5.41, 5.74) is 3.01. The van der Waals surface area contributed by atoms with Gasteiger partial charge in [-0.3, -0.25) is 4.79 Å². The maximum atomic E-state index is 13.1. The summed E-state index contributed by atoms with van der Waals surface area (Å²) in [6, 6.07) is 7.39. The lowest BCUT2D eigenvalue weighted by Gasteiger charge is -2.43. The van der Waals surface area contributed by atoms with E-state index in [2.05, 4.69) is 12.1 Å². The SMILES string of the molecule is O=C(c1cc[n+]([O-])cc1)N1Cc2cc3c(cc2C2(CCCC2)C1)OCCO3. The van der Waals surface area contributed by atoms with Crippen LogP contribution in [0.3, 0.4) is 0 Å². The quantitative estimate of drug-likeness (QED) is 0.575. The van der Waals surface area contributed by atoms with Gasteiger partial charge in [0.25, 0.3) is 5.91 Å². The van der Waals surface area contributed by atoms with Gasteiger partial charge in [0, 0.05) is 30.6 Å². The maximum Gasteiger partial charge on any atom is 0.254 e. The number of aromatic nitrogens is 1. The molecule has 1 amide bonds. The number of hydrogen-bond donors (Lipinski definition) is 0. The van der Waals surface area contributed by atoms with Crippen molar-refractivity contribution in [2.75, 3.05) is 19.8 Å². The van der Waals surface area contributed by atoms with Gasteiger partial charge in [-0.1, -0.05) is 12.8 Å². The van der Waals surface area contributed by atoms with Crippen LogP contribution >= 0.6 is 0 Å². The van der Waals surface area contributed by atoms with Crippen LogP contribution in [-0.2, 0) is 12.0 Å². The first-order valence-electron chi connectivity index (χ1n) is 9.56. The number of hydrogen-bond acceptors (Lipinski definition) is 4. The Kier molecular flexibility index (Phi) is 3.74. The summed E-state index contributed by atoms with van der Waals surface area (Å²) in [6.07, 6.45) is 7.27. The highest BCUT2D eigenvalue weighted by atomic mass is 16.6. The van der Waals surface area contributed by atoms with Gasteiger partial charge in [0.05, 0.1) is 5.56 Å². The van der Waals surface area contributed by atoms with Gasteiger partial charge in [-0.15, -0.1) is 0 Å². The third kappa shape index (κ3) is 2.71. The van der Waals surface area contributed by atoms with Gasteiger partial charge in [0.1, 0.15) is 13.2 Å². The van der Waals surface area contributed by atoms with Crippen LogP contribution in [0, 0.1) is 5.21 Å². The third-order valence-corrected chi connectivity index (χ3v) is 6.09. The van der Waals surface area contributed by atoms with Crippen molar-refractivity contribution in [2.45, 2.75) is 37.6 Å². The Morgan fingerprint density at radius 3 is 2.44 bits per heavy atom. The van der Waals surface area contributed by atoms with E-state index in [0.29, 0.717) is 36.6 Å². The second-order valence-corrected chi connectivity index (χ2v) is 7.75. The topological polar surface area (TPSA) is 65.7 Å². The molecule has 0 bridgehead atoms. The monoisotopic (exact) mass is 366 g/mol. The van der Waals surface area contributed by atoms with E-state index in [1.54, 1.807) is 12.1 Å². The smallest absolute Gasteiger partial charge is 0.254 e. The Morgan fingerprint density at radius 1 is 1.07 bits per heavy atom. The Labute approximate surface area is 157 Å². The van der Waals surface area contributed by atoms with Crippen LogP contribution in [0.25, 0.3) is 0 Å². The molecule has 5 rings (SSSR count). The van der Waals surface area contributed by atoms with Gasteiger partial charge in [-0.25, -0.2) is 0 Å². The zero-order valence-corrected chi connectivity index (χ0v) is 15.1. The average Bonchev–Trinajstić information content (AvgIpc) is 3.15. The van der Waals surface area contributed by atoms with Crippen molar-refractivity contribution in [1.82, 2.24) is 4.90 Å². The highest BCUT2D eigenvalue weighted by Gasteiger charge is 2.44. The third-order valence-electron chi connectivity index (χ3n) is 6.09. The number of fused-ring (bicyclic) bond motifs is 3. The molecule has 6 nitrogen and oxygen atoms in total. The fourth-order valence-electron chi connectivity index (χ4n) is 4.83. The molecule has 3 heterocycles. The predicted molar refractivity (Wildman–Crippen MR) is 97.7 cm³/mol. The zero-order chi connectivity index (χ0) is 18.4. The van der Waals surface area contributed by atoms with Crippen molar-refractivity contribution in [3.05, 3.63) is 58.6 Å². The molecule has 0 atom stereocenters. The average molecular weight is 366 g/mol. The number of ether oxygens (including phenoxy) is 2.